The van der Waals surface area contributed by atoms with Gasteiger partial charge in [0.15, 0.2) is 0 Å². The maximum absolute atomic E-state index is 12.6. The topological polar surface area (TPSA) is 110 Å². The van der Waals surface area contributed by atoms with Crippen LogP contribution in [-0.4, -0.2) is 33.8 Å². The summed E-state index contributed by atoms with van der Waals surface area (Å²) >= 11 is 0. The first-order valence-corrected chi connectivity index (χ1v) is 11.8. The van der Waals surface area contributed by atoms with Gasteiger partial charge in [-0.3, -0.25) is 14.3 Å². The number of imidazole rings is 1. The Morgan fingerprint density at radius 1 is 1.03 bits per heavy atom. The molecule has 9 heteroatoms. The molecule has 0 aliphatic carbocycles. The lowest BCUT2D eigenvalue weighted by molar-refractivity contribution is 0.0981. The normalized spacial score (nSPS) is 11.5. The van der Waals surface area contributed by atoms with Crippen LogP contribution >= 0.6 is 0 Å². The minimum absolute atomic E-state index is 0.212. The molecule has 0 bridgehead atoms. The summed E-state index contributed by atoms with van der Waals surface area (Å²) in [7, 11) is -3.87. The van der Waals surface area contributed by atoms with Gasteiger partial charge in [0.1, 0.15) is 6.33 Å². The third-order valence-electron chi connectivity index (χ3n) is 5.19. The van der Waals surface area contributed by atoms with Crippen LogP contribution in [0.1, 0.15) is 15.9 Å². The van der Waals surface area contributed by atoms with Crippen LogP contribution in [-0.2, 0) is 15.8 Å². The lowest BCUT2D eigenvalue weighted by Gasteiger charge is -2.08. The molecular weight excluding hydrogens is 438 g/mol. The van der Waals surface area contributed by atoms with Crippen molar-refractivity contribution >= 4 is 27.0 Å². The van der Waals surface area contributed by atoms with E-state index in [1.54, 1.807) is 42.9 Å². The van der Waals surface area contributed by atoms with Crippen molar-refractivity contribution in [1.82, 2.24) is 24.2 Å². The van der Waals surface area contributed by atoms with E-state index in [-0.39, 0.29) is 11.3 Å². The predicted octanol–water partition coefficient (Wildman–Crippen LogP) is 3.68. The molecule has 0 saturated carbocycles. The summed E-state index contributed by atoms with van der Waals surface area (Å²) in [6.07, 6.45) is 8.49. The number of rotatable bonds is 6. The van der Waals surface area contributed by atoms with Gasteiger partial charge in [0.05, 0.1) is 16.8 Å². The number of sulfonamides is 1. The van der Waals surface area contributed by atoms with Crippen LogP contribution in [0.25, 0.3) is 27.8 Å². The van der Waals surface area contributed by atoms with Crippen molar-refractivity contribution in [3.05, 3.63) is 103 Å². The molecule has 1 amide bonds. The fraction of sp³-hybridized carbons (Fsp3) is 0.0417. The molecule has 0 unspecified atom stereocenters. The van der Waals surface area contributed by atoms with Gasteiger partial charge in [0, 0.05) is 36.0 Å². The summed E-state index contributed by atoms with van der Waals surface area (Å²) in [5, 5.41) is 0. The van der Waals surface area contributed by atoms with Crippen molar-refractivity contribution < 1.29 is 13.2 Å². The van der Waals surface area contributed by atoms with E-state index >= 15 is 0 Å². The van der Waals surface area contributed by atoms with Crippen molar-refractivity contribution in [3.8, 4) is 16.8 Å². The Bertz CT molecular complexity index is 1540. The maximum Gasteiger partial charge on any atom is 0.264 e. The highest BCUT2D eigenvalue weighted by atomic mass is 32.2. The molecule has 0 spiro atoms. The van der Waals surface area contributed by atoms with Gasteiger partial charge in [-0.1, -0.05) is 18.2 Å². The number of benzene rings is 2. The van der Waals surface area contributed by atoms with Crippen molar-refractivity contribution in [2.45, 2.75) is 5.75 Å². The molecule has 5 rings (SSSR count). The number of carbonyl (C=O) groups is 1. The summed E-state index contributed by atoms with van der Waals surface area (Å²) in [4.78, 5) is 24.0. The van der Waals surface area contributed by atoms with Gasteiger partial charge in [-0.15, -0.1) is 0 Å². The first kappa shape index (κ1) is 20.7. The van der Waals surface area contributed by atoms with E-state index in [0.29, 0.717) is 11.1 Å². The lowest BCUT2D eigenvalue weighted by Crippen LogP contribution is -2.31. The summed E-state index contributed by atoms with van der Waals surface area (Å²) in [6, 6.07) is 18.2. The molecule has 3 heterocycles. The molecule has 0 atom stereocenters. The van der Waals surface area contributed by atoms with Gasteiger partial charge in [-0.2, -0.15) is 0 Å². The number of amides is 1. The number of nitrogens with zero attached hydrogens (tertiary/aromatic N) is 3. The smallest absolute Gasteiger partial charge is 0.264 e. The molecule has 33 heavy (non-hydrogen) atoms. The van der Waals surface area contributed by atoms with Crippen LogP contribution in [0.5, 0.6) is 0 Å². The Kier molecular flexibility index (Phi) is 5.23. The van der Waals surface area contributed by atoms with Gasteiger partial charge >= 0.3 is 0 Å². The molecule has 164 valence electrons. The van der Waals surface area contributed by atoms with E-state index in [2.05, 4.69) is 25.7 Å². The summed E-state index contributed by atoms with van der Waals surface area (Å²) in [6.45, 7) is 0. The van der Waals surface area contributed by atoms with Crippen LogP contribution in [0.3, 0.4) is 0 Å². The summed E-state index contributed by atoms with van der Waals surface area (Å²) in [5.74, 6) is -1.04. The highest BCUT2D eigenvalue weighted by Crippen LogP contribution is 2.24. The van der Waals surface area contributed by atoms with E-state index in [9.17, 15) is 13.2 Å². The molecule has 8 nitrogen and oxygen atoms in total. The van der Waals surface area contributed by atoms with Crippen LogP contribution in [0.4, 0.5) is 0 Å². The Labute approximate surface area is 190 Å². The zero-order chi connectivity index (χ0) is 22.8. The van der Waals surface area contributed by atoms with E-state index < -0.39 is 15.9 Å². The standard InChI is InChI=1S/C24H19N5O3S/c30-24(28-33(31,32)15-17-3-2-9-25-13-17)19-6-7-23-22(12-19)27-16-29(23)21-5-1-4-18(11-21)20-8-10-26-14-20/h1-14,16,26H,15H2,(H,28,30). The molecule has 0 aliphatic rings. The molecule has 0 fully saturated rings. The molecule has 2 N–H and O–H groups in total. The zero-order valence-corrected chi connectivity index (χ0v) is 18.2. The minimum atomic E-state index is -3.87. The maximum atomic E-state index is 12.6. The van der Waals surface area contributed by atoms with Crippen LogP contribution in [0, 0.1) is 0 Å². The molecule has 0 aliphatic heterocycles. The van der Waals surface area contributed by atoms with Crippen molar-refractivity contribution in [2.24, 2.45) is 0 Å². The van der Waals surface area contributed by atoms with Crippen LogP contribution < -0.4 is 4.72 Å². The number of aromatic nitrogens is 4. The second-order valence-electron chi connectivity index (χ2n) is 7.52. The fourth-order valence-electron chi connectivity index (χ4n) is 3.64. The third-order valence-corrected chi connectivity index (χ3v) is 6.40. The number of hydrogen-bond donors (Lipinski definition) is 2. The average Bonchev–Trinajstić information content (AvgIpc) is 3.49. The molecule has 2 aromatic carbocycles. The van der Waals surface area contributed by atoms with Gasteiger partial charge in [-0.25, -0.2) is 18.1 Å². The number of pyridine rings is 1. The number of nitrogens with one attached hydrogen (secondary N) is 2. The molecular formula is C24H19N5O3S. The Morgan fingerprint density at radius 3 is 2.73 bits per heavy atom. The van der Waals surface area contributed by atoms with E-state index in [1.807, 2.05) is 41.2 Å². The van der Waals surface area contributed by atoms with E-state index in [1.165, 1.54) is 6.20 Å². The van der Waals surface area contributed by atoms with E-state index in [4.69, 9.17) is 0 Å². The number of hydrogen-bond acceptors (Lipinski definition) is 5. The molecule has 5 aromatic rings. The summed E-state index contributed by atoms with van der Waals surface area (Å²) in [5.41, 5.74) is 5.15. The highest BCUT2D eigenvalue weighted by molar-refractivity contribution is 7.89. The van der Waals surface area contributed by atoms with Gasteiger partial charge in [0.2, 0.25) is 10.0 Å². The number of H-pyrrole nitrogens is 1. The summed E-state index contributed by atoms with van der Waals surface area (Å²) < 4.78 is 28.8. The monoisotopic (exact) mass is 457 g/mol. The van der Waals surface area contributed by atoms with Gasteiger partial charge < -0.3 is 4.98 Å². The largest absolute Gasteiger partial charge is 0.367 e. The highest BCUT2D eigenvalue weighted by Gasteiger charge is 2.18. The Balaban J connectivity index is 1.39. The first-order valence-electron chi connectivity index (χ1n) is 10.1. The Morgan fingerprint density at radius 2 is 1.94 bits per heavy atom. The third kappa shape index (κ3) is 4.39. The molecule has 0 saturated heterocycles. The lowest BCUT2D eigenvalue weighted by atomic mass is 10.1. The number of fused-ring (bicyclic) bond motifs is 1. The molecule has 3 aromatic heterocycles. The SMILES string of the molecule is O=C(NS(=O)(=O)Cc1cccnc1)c1ccc2c(c1)ncn2-c1cccc(-c2cc[nH]c2)c1. The second kappa shape index (κ2) is 8.36. The zero-order valence-electron chi connectivity index (χ0n) is 17.3. The number of carbonyl (C=O) groups excluding carboxylic acids is 1. The molecule has 0 radical (unpaired) electrons. The van der Waals surface area contributed by atoms with Gasteiger partial charge in [-0.05, 0) is 59.2 Å². The van der Waals surface area contributed by atoms with E-state index in [0.717, 1.165) is 22.3 Å². The second-order valence-corrected chi connectivity index (χ2v) is 9.24. The predicted molar refractivity (Wildman–Crippen MR) is 125 cm³/mol. The minimum Gasteiger partial charge on any atom is -0.367 e. The van der Waals surface area contributed by atoms with Crippen molar-refractivity contribution in [2.75, 3.05) is 0 Å². The first-order chi connectivity index (χ1) is 16.0. The van der Waals surface area contributed by atoms with Crippen LogP contribution in [0.2, 0.25) is 0 Å². The fourth-order valence-corrected chi connectivity index (χ4v) is 4.72. The number of aromatic amines is 1. The van der Waals surface area contributed by atoms with Crippen molar-refractivity contribution in [1.29, 1.82) is 0 Å². The van der Waals surface area contributed by atoms with Crippen LogP contribution in [0.15, 0.2) is 91.8 Å². The quantitative estimate of drug-likeness (QED) is 0.404. The average molecular weight is 458 g/mol. The van der Waals surface area contributed by atoms with Gasteiger partial charge in [0.25, 0.3) is 5.91 Å². The van der Waals surface area contributed by atoms with Crippen molar-refractivity contribution in [3.63, 3.8) is 0 Å². The Hall–Kier alpha value is -4.24.